The normalized spacial score (nSPS) is 12.1. The van der Waals surface area contributed by atoms with Crippen molar-refractivity contribution in [2.75, 3.05) is 25.2 Å². The zero-order valence-electron chi connectivity index (χ0n) is 20.7. The van der Waals surface area contributed by atoms with E-state index in [-0.39, 0.29) is 41.9 Å². The van der Waals surface area contributed by atoms with Gasteiger partial charge in [-0.3, -0.25) is 28.1 Å². The summed E-state index contributed by atoms with van der Waals surface area (Å²) < 4.78 is 8.81. The number of anilines is 1. The first kappa shape index (κ1) is 26.1. The van der Waals surface area contributed by atoms with Crippen molar-refractivity contribution in [3.8, 4) is 0 Å². The summed E-state index contributed by atoms with van der Waals surface area (Å²) in [5, 5.41) is 0.766. The number of fused-ring (bicyclic) bond motifs is 1. The molecule has 2 aromatic carbocycles. The largest absolute Gasteiger partial charge is 0.384 e. The van der Waals surface area contributed by atoms with Gasteiger partial charge in [0.1, 0.15) is 11.4 Å². The molecule has 0 spiro atoms. The SMILES string of the molecule is COC[C@H](C)n1c(SCC(=O)c2c(N)n(Cc3ccccc3)c(=O)n(C)c2=O)nc2ccccc2c1=O. The summed E-state index contributed by atoms with van der Waals surface area (Å²) in [7, 11) is 2.85. The standard InChI is InChI=1S/C26H27N5O5S/c1-16(14-36-3)31-23(33)18-11-7-8-12-19(18)28-25(31)37-15-20(32)21-22(27)30(26(35)29(2)24(21)34)13-17-9-5-4-6-10-17/h4-12,16H,13-15,27H2,1-3H3/t16-/m0/s1. The molecule has 0 amide bonds. The van der Waals surface area contributed by atoms with Crippen molar-refractivity contribution in [1.29, 1.82) is 0 Å². The number of hydrogen-bond donors (Lipinski definition) is 1. The van der Waals surface area contributed by atoms with Crippen LogP contribution in [0.1, 0.15) is 28.9 Å². The Kier molecular flexibility index (Phi) is 7.74. The van der Waals surface area contributed by atoms with Crippen LogP contribution >= 0.6 is 11.8 Å². The third-order valence-corrected chi connectivity index (χ3v) is 6.95. The van der Waals surface area contributed by atoms with Crippen molar-refractivity contribution in [2.45, 2.75) is 24.7 Å². The second kappa shape index (κ2) is 11.0. The molecule has 0 bridgehead atoms. The highest BCUT2D eigenvalue weighted by atomic mass is 32.2. The number of nitrogens with zero attached hydrogens (tertiary/aromatic N) is 4. The minimum atomic E-state index is -0.769. The number of benzene rings is 2. The molecule has 37 heavy (non-hydrogen) atoms. The summed E-state index contributed by atoms with van der Waals surface area (Å²) >= 11 is 1.03. The molecule has 0 aliphatic heterocycles. The van der Waals surface area contributed by atoms with Crippen molar-refractivity contribution < 1.29 is 9.53 Å². The van der Waals surface area contributed by atoms with E-state index in [0.29, 0.717) is 16.1 Å². The lowest BCUT2D eigenvalue weighted by Crippen LogP contribution is -2.43. The summed E-state index contributed by atoms with van der Waals surface area (Å²) in [6.07, 6.45) is 0. The maximum absolute atomic E-state index is 13.3. The zero-order valence-corrected chi connectivity index (χ0v) is 21.5. The summed E-state index contributed by atoms with van der Waals surface area (Å²) in [4.78, 5) is 56.9. The highest BCUT2D eigenvalue weighted by Crippen LogP contribution is 2.23. The van der Waals surface area contributed by atoms with Gasteiger partial charge in [0, 0.05) is 14.2 Å². The Morgan fingerprint density at radius 2 is 1.73 bits per heavy atom. The Bertz CT molecular complexity index is 1640. The number of carbonyl (C=O) groups is 1. The molecule has 192 valence electrons. The number of nitrogens with two attached hydrogens (primary N) is 1. The number of methoxy groups -OCH3 is 1. The molecule has 1 atom stereocenters. The average Bonchev–Trinajstić information content (AvgIpc) is 2.89. The number of ether oxygens (including phenoxy) is 1. The Balaban J connectivity index is 1.72. The van der Waals surface area contributed by atoms with Crippen molar-refractivity contribution in [3.05, 3.63) is 96.9 Å². The number of thioether (sulfide) groups is 1. The van der Waals surface area contributed by atoms with Gasteiger partial charge in [-0.1, -0.05) is 54.2 Å². The second-order valence-electron chi connectivity index (χ2n) is 8.58. The van der Waals surface area contributed by atoms with Crippen LogP contribution in [0, 0.1) is 0 Å². The van der Waals surface area contributed by atoms with E-state index in [9.17, 15) is 19.2 Å². The number of carbonyl (C=O) groups excluding carboxylic acids is 1. The molecule has 0 unspecified atom stereocenters. The molecular weight excluding hydrogens is 494 g/mol. The number of rotatable bonds is 9. The maximum atomic E-state index is 13.3. The molecule has 4 rings (SSSR count). The van der Waals surface area contributed by atoms with E-state index < -0.39 is 17.0 Å². The molecule has 10 nitrogen and oxygen atoms in total. The van der Waals surface area contributed by atoms with E-state index >= 15 is 0 Å². The van der Waals surface area contributed by atoms with Crippen molar-refractivity contribution in [1.82, 2.24) is 18.7 Å². The Morgan fingerprint density at radius 3 is 2.43 bits per heavy atom. The first-order valence-electron chi connectivity index (χ1n) is 11.5. The Labute approximate surface area is 216 Å². The third-order valence-electron chi connectivity index (χ3n) is 6.00. The van der Waals surface area contributed by atoms with E-state index in [1.54, 1.807) is 24.3 Å². The predicted octanol–water partition coefficient (Wildman–Crippen LogP) is 2.07. The molecule has 11 heteroatoms. The first-order valence-corrected chi connectivity index (χ1v) is 12.5. The summed E-state index contributed by atoms with van der Waals surface area (Å²) in [5.41, 5.74) is 5.59. The molecule has 0 aliphatic rings. The number of Topliss-reactive ketones (excluding diaryl/α,β-unsaturated/α-hetero) is 1. The fourth-order valence-corrected chi connectivity index (χ4v) is 5.07. The lowest BCUT2D eigenvalue weighted by molar-refractivity contribution is 0.102. The van der Waals surface area contributed by atoms with Gasteiger partial charge in [0.05, 0.1) is 35.8 Å². The summed E-state index contributed by atoms with van der Waals surface area (Å²) in [5.74, 6) is -0.981. The van der Waals surface area contributed by atoms with Gasteiger partial charge in [-0.2, -0.15) is 0 Å². The van der Waals surface area contributed by atoms with Crippen LogP contribution in [0.5, 0.6) is 0 Å². The minimum Gasteiger partial charge on any atom is -0.384 e. The molecule has 2 N–H and O–H groups in total. The fraction of sp³-hybridized carbons (Fsp3) is 0.269. The summed E-state index contributed by atoms with van der Waals surface area (Å²) in [6.45, 7) is 2.19. The van der Waals surface area contributed by atoms with Gasteiger partial charge < -0.3 is 10.5 Å². The molecule has 0 fully saturated rings. The molecule has 0 saturated carbocycles. The number of hydrogen-bond acceptors (Lipinski definition) is 8. The van der Waals surface area contributed by atoms with Crippen LogP contribution in [0.25, 0.3) is 10.9 Å². The molecule has 4 aromatic rings. The number of ketones is 1. The van der Waals surface area contributed by atoms with Gasteiger partial charge in [-0.15, -0.1) is 0 Å². The Hall–Kier alpha value is -3.96. The minimum absolute atomic E-state index is 0.105. The van der Waals surface area contributed by atoms with Crippen LogP contribution in [-0.2, 0) is 18.3 Å². The third kappa shape index (κ3) is 5.13. The van der Waals surface area contributed by atoms with Gasteiger partial charge in [-0.25, -0.2) is 9.78 Å². The molecular formula is C26H27N5O5S. The monoisotopic (exact) mass is 521 g/mol. The van der Waals surface area contributed by atoms with Crippen molar-refractivity contribution >= 4 is 34.3 Å². The lowest BCUT2D eigenvalue weighted by Gasteiger charge is -2.19. The second-order valence-corrected chi connectivity index (χ2v) is 9.52. The molecule has 0 radical (unpaired) electrons. The average molecular weight is 522 g/mol. The number of aromatic nitrogens is 4. The maximum Gasteiger partial charge on any atom is 0.332 e. The van der Waals surface area contributed by atoms with Crippen LogP contribution in [0.3, 0.4) is 0 Å². The fourth-order valence-electron chi connectivity index (χ4n) is 4.10. The lowest BCUT2D eigenvalue weighted by atomic mass is 10.2. The quantitative estimate of drug-likeness (QED) is 0.201. The molecule has 0 saturated heterocycles. The zero-order chi connectivity index (χ0) is 26.7. The van der Waals surface area contributed by atoms with Gasteiger partial charge in [0.2, 0.25) is 0 Å². The van der Waals surface area contributed by atoms with E-state index in [1.165, 1.54) is 23.3 Å². The first-order chi connectivity index (χ1) is 17.7. The molecule has 0 aliphatic carbocycles. The highest BCUT2D eigenvalue weighted by molar-refractivity contribution is 7.99. The molecule has 2 aromatic heterocycles. The highest BCUT2D eigenvalue weighted by Gasteiger charge is 2.23. The predicted molar refractivity (Wildman–Crippen MR) is 144 cm³/mol. The van der Waals surface area contributed by atoms with Gasteiger partial charge in [-0.05, 0) is 24.6 Å². The van der Waals surface area contributed by atoms with Crippen LogP contribution in [0.4, 0.5) is 5.82 Å². The number of para-hydroxylation sites is 1. The topological polar surface area (TPSA) is 131 Å². The van der Waals surface area contributed by atoms with E-state index in [4.69, 9.17) is 10.5 Å². The summed E-state index contributed by atoms with van der Waals surface area (Å²) in [6, 6.07) is 15.7. The number of nitrogen functional groups attached to an aromatic ring is 1. The van der Waals surface area contributed by atoms with Gasteiger partial charge >= 0.3 is 5.69 Å². The van der Waals surface area contributed by atoms with Gasteiger partial charge in [0.25, 0.3) is 11.1 Å². The van der Waals surface area contributed by atoms with Crippen LogP contribution < -0.4 is 22.5 Å². The van der Waals surface area contributed by atoms with E-state index in [2.05, 4.69) is 4.98 Å². The Morgan fingerprint density at radius 1 is 1.05 bits per heavy atom. The van der Waals surface area contributed by atoms with E-state index in [1.807, 2.05) is 37.3 Å². The van der Waals surface area contributed by atoms with Crippen molar-refractivity contribution in [3.63, 3.8) is 0 Å². The van der Waals surface area contributed by atoms with E-state index in [0.717, 1.165) is 21.9 Å². The van der Waals surface area contributed by atoms with Crippen LogP contribution in [0.2, 0.25) is 0 Å². The molecule has 2 heterocycles. The smallest absolute Gasteiger partial charge is 0.332 e. The van der Waals surface area contributed by atoms with Gasteiger partial charge in [0.15, 0.2) is 10.9 Å². The van der Waals surface area contributed by atoms with Crippen LogP contribution in [0.15, 0.2) is 74.1 Å². The van der Waals surface area contributed by atoms with Crippen LogP contribution in [-0.4, -0.2) is 43.9 Å². The van der Waals surface area contributed by atoms with Crippen molar-refractivity contribution in [2.24, 2.45) is 7.05 Å².